The highest BCUT2D eigenvalue weighted by Gasteiger charge is 2.47. The monoisotopic (exact) mass is 389 g/mol. The standard InChI is InChI=1S/C23H27N5O/c1-5-16-14-25-22(27-21(16)26-19-13-20(29)23(19,3)4)24-10-11-28-15(2)12-17-8-6-7-9-18(17)28/h1,6-9,12,14,19-20,29H,10-11,13H2,2-4H3,(H2,24,25,26,27)/t19-,20+/m1/s1. The molecule has 2 atom stereocenters. The van der Waals surface area contributed by atoms with E-state index in [0.29, 0.717) is 30.3 Å². The van der Waals surface area contributed by atoms with Crippen LogP contribution in [-0.2, 0) is 6.54 Å². The number of hydrogen-bond acceptors (Lipinski definition) is 5. The zero-order valence-corrected chi connectivity index (χ0v) is 17.1. The minimum absolute atomic E-state index is 0.126. The van der Waals surface area contributed by atoms with E-state index in [4.69, 9.17) is 6.42 Å². The highest BCUT2D eigenvalue weighted by molar-refractivity contribution is 5.81. The van der Waals surface area contributed by atoms with Crippen molar-refractivity contribution >= 4 is 22.7 Å². The number of rotatable bonds is 6. The Morgan fingerprint density at radius 2 is 2.14 bits per heavy atom. The van der Waals surface area contributed by atoms with Crippen LogP contribution in [0.4, 0.5) is 11.8 Å². The predicted molar refractivity (Wildman–Crippen MR) is 117 cm³/mol. The molecule has 1 fully saturated rings. The number of nitrogens with zero attached hydrogens (tertiary/aromatic N) is 3. The fourth-order valence-corrected chi connectivity index (χ4v) is 3.92. The normalized spacial score (nSPS) is 20.1. The average Bonchev–Trinajstić information content (AvgIpc) is 3.03. The number of aromatic nitrogens is 3. The largest absolute Gasteiger partial charge is 0.392 e. The van der Waals surface area contributed by atoms with Crippen molar-refractivity contribution in [2.75, 3.05) is 17.2 Å². The summed E-state index contributed by atoms with van der Waals surface area (Å²) >= 11 is 0. The van der Waals surface area contributed by atoms with Crippen LogP contribution >= 0.6 is 0 Å². The van der Waals surface area contributed by atoms with E-state index >= 15 is 0 Å². The molecule has 0 radical (unpaired) electrons. The third-order valence-electron chi connectivity index (χ3n) is 6.11. The van der Waals surface area contributed by atoms with Crippen molar-refractivity contribution in [1.29, 1.82) is 0 Å². The fourth-order valence-electron chi connectivity index (χ4n) is 3.92. The molecule has 0 bridgehead atoms. The lowest BCUT2D eigenvalue weighted by atomic mass is 9.64. The molecule has 0 spiro atoms. The van der Waals surface area contributed by atoms with Gasteiger partial charge in [-0.05, 0) is 30.9 Å². The summed E-state index contributed by atoms with van der Waals surface area (Å²) in [5.41, 5.74) is 2.87. The van der Waals surface area contributed by atoms with Gasteiger partial charge in [0.25, 0.3) is 0 Å². The van der Waals surface area contributed by atoms with Gasteiger partial charge >= 0.3 is 0 Å². The van der Waals surface area contributed by atoms with E-state index in [1.54, 1.807) is 6.20 Å². The van der Waals surface area contributed by atoms with Crippen molar-refractivity contribution in [2.24, 2.45) is 5.41 Å². The quantitative estimate of drug-likeness (QED) is 0.564. The molecule has 0 unspecified atom stereocenters. The number of benzene rings is 1. The molecule has 0 amide bonds. The Morgan fingerprint density at radius 1 is 1.34 bits per heavy atom. The highest BCUT2D eigenvalue weighted by atomic mass is 16.3. The second-order valence-corrected chi connectivity index (χ2v) is 8.29. The number of hydrogen-bond donors (Lipinski definition) is 3. The van der Waals surface area contributed by atoms with Gasteiger partial charge in [-0.3, -0.25) is 0 Å². The predicted octanol–water partition coefficient (Wildman–Crippen LogP) is 3.40. The molecule has 1 aromatic carbocycles. The van der Waals surface area contributed by atoms with Gasteiger partial charge in [0.05, 0.1) is 17.9 Å². The van der Waals surface area contributed by atoms with Crippen LogP contribution in [-0.4, -0.2) is 38.3 Å². The molecular weight excluding hydrogens is 362 g/mol. The molecule has 1 aliphatic rings. The molecule has 3 aromatic rings. The smallest absolute Gasteiger partial charge is 0.224 e. The van der Waals surface area contributed by atoms with Gasteiger partial charge in [-0.15, -0.1) is 6.42 Å². The van der Waals surface area contributed by atoms with E-state index < -0.39 is 0 Å². The molecule has 1 aliphatic carbocycles. The Hall–Kier alpha value is -3.04. The van der Waals surface area contributed by atoms with Crippen LogP contribution in [0.25, 0.3) is 10.9 Å². The van der Waals surface area contributed by atoms with E-state index in [-0.39, 0.29) is 17.6 Å². The van der Waals surface area contributed by atoms with Crippen LogP contribution in [0, 0.1) is 24.7 Å². The number of fused-ring (bicyclic) bond motifs is 1. The van der Waals surface area contributed by atoms with Crippen LogP contribution in [0.15, 0.2) is 36.5 Å². The summed E-state index contributed by atoms with van der Waals surface area (Å²) in [5, 5.41) is 17.9. The van der Waals surface area contributed by atoms with E-state index in [1.165, 1.54) is 16.6 Å². The Morgan fingerprint density at radius 3 is 2.86 bits per heavy atom. The summed E-state index contributed by atoms with van der Waals surface area (Å²) in [4.78, 5) is 8.95. The van der Waals surface area contributed by atoms with Crippen molar-refractivity contribution in [3.05, 3.63) is 47.8 Å². The van der Waals surface area contributed by atoms with Crippen LogP contribution in [0.3, 0.4) is 0 Å². The first-order valence-corrected chi connectivity index (χ1v) is 9.97. The first kappa shape index (κ1) is 19.3. The Kier molecular flexibility index (Phi) is 4.93. The number of aliphatic hydroxyl groups is 1. The van der Waals surface area contributed by atoms with Crippen LogP contribution in [0.5, 0.6) is 0 Å². The number of anilines is 2. The third kappa shape index (κ3) is 3.54. The molecule has 6 heteroatoms. The zero-order chi connectivity index (χ0) is 20.6. The maximum Gasteiger partial charge on any atom is 0.224 e. The molecule has 3 N–H and O–H groups in total. The molecule has 0 aliphatic heterocycles. The highest BCUT2D eigenvalue weighted by Crippen LogP contribution is 2.42. The van der Waals surface area contributed by atoms with Gasteiger partial charge in [-0.2, -0.15) is 4.98 Å². The molecule has 1 saturated carbocycles. The average molecular weight is 390 g/mol. The minimum atomic E-state index is -0.312. The van der Waals surface area contributed by atoms with E-state index in [2.05, 4.69) is 68.3 Å². The van der Waals surface area contributed by atoms with Crippen molar-refractivity contribution in [2.45, 2.75) is 45.9 Å². The molecule has 29 heavy (non-hydrogen) atoms. The van der Waals surface area contributed by atoms with Crippen LogP contribution in [0.1, 0.15) is 31.5 Å². The van der Waals surface area contributed by atoms with Crippen molar-refractivity contribution < 1.29 is 5.11 Å². The van der Waals surface area contributed by atoms with Crippen molar-refractivity contribution in [3.63, 3.8) is 0 Å². The first-order chi connectivity index (χ1) is 13.9. The number of aliphatic hydroxyl groups excluding tert-OH is 1. The van der Waals surface area contributed by atoms with Crippen LogP contribution in [0.2, 0.25) is 0 Å². The van der Waals surface area contributed by atoms with Gasteiger partial charge in [-0.1, -0.05) is 38.0 Å². The number of para-hydroxylation sites is 1. The van der Waals surface area contributed by atoms with Crippen LogP contribution < -0.4 is 10.6 Å². The fraction of sp³-hybridized carbons (Fsp3) is 0.391. The maximum absolute atomic E-state index is 9.98. The van der Waals surface area contributed by atoms with Gasteiger partial charge in [0.2, 0.25) is 5.95 Å². The van der Waals surface area contributed by atoms with Gasteiger partial charge in [0.1, 0.15) is 5.82 Å². The molecule has 2 aromatic heterocycles. The maximum atomic E-state index is 9.98. The van der Waals surface area contributed by atoms with Crippen molar-refractivity contribution in [3.8, 4) is 12.3 Å². The second-order valence-electron chi connectivity index (χ2n) is 8.29. The molecule has 150 valence electrons. The van der Waals surface area contributed by atoms with E-state index in [1.807, 2.05) is 13.8 Å². The Bertz CT molecular complexity index is 1080. The van der Waals surface area contributed by atoms with Gasteiger partial charge < -0.3 is 20.3 Å². The number of aryl methyl sites for hydroxylation is 1. The summed E-state index contributed by atoms with van der Waals surface area (Å²) in [6.45, 7) is 7.71. The van der Waals surface area contributed by atoms with E-state index in [9.17, 15) is 5.11 Å². The molecule has 6 nitrogen and oxygen atoms in total. The molecular formula is C23H27N5O. The van der Waals surface area contributed by atoms with Crippen molar-refractivity contribution in [1.82, 2.24) is 14.5 Å². The third-order valence-corrected chi connectivity index (χ3v) is 6.11. The summed E-state index contributed by atoms with van der Waals surface area (Å²) in [7, 11) is 0. The summed E-state index contributed by atoms with van der Waals surface area (Å²) < 4.78 is 2.29. The number of nitrogens with one attached hydrogen (secondary N) is 2. The van der Waals surface area contributed by atoms with E-state index in [0.717, 1.165) is 6.54 Å². The SMILES string of the molecule is C#Cc1cnc(NCCn2c(C)cc3ccccc32)nc1N[C@@H]1C[C@H](O)C1(C)C. The Labute approximate surface area is 171 Å². The summed E-state index contributed by atoms with van der Waals surface area (Å²) in [6.07, 6.45) is 7.66. The first-order valence-electron chi connectivity index (χ1n) is 9.97. The topological polar surface area (TPSA) is 75.0 Å². The molecule has 0 saturated heterocycles. The Balaban J connectivity index is 1.45. The lowest BCUT2D eigenvalue weighted by Gasteiger charge is -2.49. The summed E-state index contributed by atoms with van der Waals surface area (Å²) in [6, 6.07) is 10.7. The summed E-state index contributed by atoms with van der Waals surface area (Å²) in [5.74, 6) is 3.82. The zero-order valence-electron chi connectivity index (χ0n) is 17.1. The minimum Gasteiger partial charge on any atom is -0.392 e. The van der Waals surface area contributed by atoms with Gasteiger partial charge in [0, 0.05) is 35.8 Å². The molecule has 4 rings (SSSR count). The second kappa shape index (κ2) is 7.41. The number of terminal acetylenes is 1. The van der Waals surface area contributed by atoms with Gasteiger partial charge in [-0.25, -0.2) is 4.98 Å². The molecule has 2 heterocycles. The van der Waals surface area contributed by atoms with Gasteiger partial charge in [0.15, 0.2) is 0 Å². The lowest BCUT2D eigenvalue weighted by molar-refractivity contribution is -0.0511. The lowest BCUT2D eigenvalue weighted by Crippen LogP contribution is -2.57.